The van der Waals surface area contributed by atoms with E-state index in [-0.39, 0.29) is 0 Å². The van der Waals surface area contributed by atoms with Crippen LogP contribution < -0.4 is 0 Å². The summed E-state index contributed by atoms with van der Waals surface area (Å²) >= 11 is 1.70. The zero-order valence-corrected chi connectivity index (χ0v) is 27.9. The van der Waals surface area contributed by atoms with Crippen LogP contribution >= 0.6 is 11.3 Å². The summed E-state index contributed by atoms with van der Waals surface area (Å²) in [5.41, 5.74) is 7.07. The molecule has 4 aromatic heterocycles. The van der Waals surface area contributed by atoms with Gasteiger partial charge in [-0.3, -0.25) is 9.13 Å². The standard InChI is InChI=1S/C44H26N6S/c1-2-13-28(14-3-1)41-46-42(30-23-22-27-12-4-5-15-29(27)26-30)48-43(47-41)49-36-19-9-6-16-31(36)33-24-25-34-32-17-7-10-20-37(32)50(40(34)39(33)49)44-45-35-18-8-11-21-38(35)51-44/h1-26H. The average Bonchev–Trinajstić information content (AvgIpc) is 3.88. The van der Waals surface area contributed by atoms with E-state index in [2.05, 4.69) is 143 Å². The van der Waals surface area contributed by atoms with E-state index >= 15 is 0 Å². The van der Waals surface area contributed by atoms with E-state index in [0.29, 0.717) is 17.6 Å². The molecule has 0 aliphatic carbocycles. The summed E-state index contributed by atoms with van der Waals surface area (Å²) in [6.07, 6.45) is 0. The van der Waals surface area contributed by atoms with Gasteiger partial charge in [0.1, 0.15) is 0 Å². The van der Waals surface area contributed by atoms with Crippen molar-refractivity contribution in [3.05, 3.63) is 158 Å². The smallest absolute Gasteiger partial charge is 0.238 e. The van der Waals surface area contributed by atoms with Gasteiger partial charge in [-0.25, -0.2) is 9.97 Å². The molecule has 7 aromatic carbocycles. The average molecular weight is 671 g/mol. The Morgan fingerprint density at radius 2 is 1.02 bits per heavy atom. The molecule has 0 amide bonds. The van der Waals surface area contributed by atoms with Crippen LogP contribution in [0, 0.1) is 0 Å². The quantitative estimate of drug-likeness (QED) is 0.187. The minimum atomic E-state index is 0.562. The number of thiazole rings is 1. The molecular formula is C44H26N6S. The fourth-order valence-electron chi connectivity index (χ4n) is 7.50. The molecule has 11 rings (SSSR count). The number of rotatable bonds is 4. The van der Waals surface area contributed by atoms with Gasteiger partial charge in [0, 0.05) is 32.7 Å². The first-order valence-electron chi connectivity index (χ1n) is 16.9. The molecular weight excluding hydrogens is 645 g/mol. The van der Waals surface area contributed by atoms with Crippen LogP contribution in [0.15, 0.2) is 158 Å². The summed E-state index contributed by atoms with van der Waals surface area (Å²) in [7, 11) is 0. The first kappa shape index (κ1) is 28.2. The second-order valence-electron chi connectivity index (χ2n) is 12.7. The van der Waals surface area contributed by atoms with Gasteiger partial charge in [0.25, 0.3) is 0 Å². The van der Waals surface area contributed by atoms with Crippen LogP contribution in [-0.2, 0) is 0 Å². The van der Waals surface area contributed by atoms with E-state index in [0.717, 1.165) is 70.1 Å². The van der Waals surface area contributed by atoms with Crippen molar-refractivity contribution in [2.75, 3.05) is 0 Å². The molecule has 0 spiro atoms. The van der Waals surface area contributed by atoms with Crippen LogP contribution in [0.1, 0.15) is 0 Å². The van der Waals surface area contributed by atoms with Crippen molar-refractivity contribution in [1.29, 1.82) is 0 Å². The van der Waals surface area contributed by atoms with Crippen molar-refractivity contribution in [2.45, 2.75) is 0 Å². The van der Waals surface area contributed by atoms with Crippen LogP contribution in [0.3, 0.4) is 0 Å². The number of aromatic nitrogens is 6. The van der Waals surface area contributed by atoms with Gasteiger partial charge in [0.2, 0.25) is 5.95 Å². The summed E-state index contributed by atoms with van der Waals surface area (Å²) in [6, 6.07) is 54.9. The molecule has 0 saturated heterocycles. The predicted octanol–water partition coefficient (Wildman–Crippen LogP) is 11.2. The third kappa shape index (κ3) is 4.28. The van der Waals surface area contributed by atoms with Crippen molar-refractivity contribution in [3.8, 4) is 33.9 Å². The number of hydrogen-bond acceptors (Lipinski definition) is 5. The fourth-order valence-corrected chi connectivity index (χ4v) is 8.49. The molecule has 7 heteroatoms. The predicted molar refractivity (Wildman–Crippen MR) is 210 cm³/mol. The molecule has 0 aliphatic rings. The Bertz CT molecular complexity index is 3120. The summed E-state index contributed by atoms with van der Waals surface area (Å²) < 4.78 is 5.71. The lowest BCUT2D eigenvalue weighted by Gasteiger charge is -2.12. The summed E-state index contributed by atoms with van der Waals surface area (Å²) in [6.45, 7) is 0. The third-order valence-electron chi connectivity index (χ3n) is 9.81. The van der Waals surface area contributed by atoms with Gasteiger partial charge in [-0.1, -0.05) is 139 Å². The maximum absolute atomic E-state index is 5.30. The SMILES string of the molecule is c1ccc(-c2nc(-c3ccc4ccccc4c3)nc(-n3c4ccccc4c4ccc5c6ccccc6n(-c6nc7ccccc7s6)c5c43)n2)cc1. The highest BCUT2D eigenvalue weighted by atomic mass is 32.1. The van der Waals surface area contributed by atoms with Gasteiger partial charge in [0.05, 0.1) is 32.3 Å². The van der Waals surface area contributed by atoms with Crippen LogP contribution in [0.2, 0.25) is 0 Å². The first-order chi connectivity index (χ1) is 25.3. The Morgan fingerprint density at radius 1 is 0.412 bits per heavy atom. The molecule has 0 radical (unpaired) electrons. The number of benzene rings is 7. The second kappa shape index (κ2) is 10.9. The summed E-state index contributed by atoms with van der Waals surface area (Å²) in [4.78, 5) is 20.8. The summed E-state index contributed by atoms with van der Waals surface area (Å²) in [5.74, 6) is 1.80. The van der Waals surface area contributed by atoms with Crippen LogP contribution in [0.4, 0.5) is 0 Å². The lowest BCUT2D eigenvalue weighted by atomic mass is 10.1. The van der Waals surface area contributed by atoms with Crippen molar-refractivity contribution in [2.24, 2.45) is 0 Å². The van der Waals surface area contributed by atoms with Crippen LogP contribution in [0.5, 0.6) is 0 Å². The van der Waals surface area contributed by atoms with Gasteiger partial charge in [-0.05, 0) is 41.1 Å². The molecule has 0 aliphatic heterocycles. The van der Waals surface area contributed by atoms with E-state index in [4.69, 9.17) is 19.9 Å². The second-order valence-corrected chi connectivity index (χ2v) is 13.7. The highest BCUT2D eigenvalue weighted by Gasteiger charge is 2.24. The van der Waals surface area contributed by atoms with Crippen LogP contribution in [0.25, 0.3) is 98.5 Å². The topological polar surface area (TPSA) is 61.4 Å². The fraction of sp³-hybridized carbons (Fsp3) is 0. The number of nitrogens with zero attached hydrogens (tertiary/aromatic N) is 6. The minimum Gasteiger partial charge on any atom is -0.283 e. The molecule has 0 bridgehead atoms. The highest BCUT2D eigenvalue weighted by Crippen LogP contribution is 2.42. The zero-order chi connectivity index (χ0) is 33.5. The van der Waals surface area contributed by atoms with Gasteiger partial charge >= 0.3 is 0 Å². The Morgan fingerprint density at radius 3 is 1.78 bits per heavy atom. The van der Waals surface area contributed by atoms with E-state index < -0.39 is 0 Å². The largest absolute Gasteiger partial charge is 0.283 e. The van der Waals surface area contributed by atoms with Gasteiger partial charge in [0.15, 0.2) is 16.8 Å². The van der Waals surface area contributed by atoms with Crippen LogP contribution in [-0.4, -0.2) is 29.1 Å². The Labute approximate surface area is 295 Å². The zero-order valence-electron chi connectivity index (χ0n) is 27.1. The molecule has 0 N–H and O–H groups in total. The summed E-state index contributed by atoms with van der Waals surface area (Å²) in [5, 5.41) is 7.80. The Hall–Kier alpha value is -6.70. The lowest BCUT2D eigenvalue weighted by Crippen LogP contribution is -2.07. The molecule has 0 saturated carbocycles. The molecule has 51 heavy (non-hydrogen) atoms. The molecule has 4 heterocycles. The van der Waals surface area contributed by atoms with Crippen molar-refractivity contribution in [3.63, 3.8) is 0 Å². The third-order valence-corrected chi connectivity index (χ3v) is 10.8. The number of para-hydroxylation sites is 3. The highest BCUT2D eigenvalue weighted by molar-refractivity contribution is 7.20. The van der Waals surface area contributed by atoms with E-state index in [1.54, 1.807) is 11.3 Å². The van der Waals surface area contributed by atoms with Crippen molar-refractivity contribution < 1.29 is 0 Å². The Kier molecular flexibility index (Phi) is 6.02. The van der Waals surface area contributed by atoms with E-state index in [1.807, 2.05) is 24.3 Å². The van der Waals surface area contributed by atoms with Gasteiger partial charge in [-0.15, -0.1) is 0 Å². The van der Waals surface area contributed by atoms with Crippen molar-refractivity contribution >= 4 is 75.9 Å². The van der Waals surface area contributed by atoms with Gasteiger partial charge < -0.3 is 0 Å². The monoisotopic (exact) mass is 670 g/mol. The van der Waals surface area contributed by atoms with E-state index in [9.17, 15) is 0 Å². The van der Waals surface area contributed by atoms with Gasteiger partial charge in [-0.2, -0.15) is 9.97 Å². The maximum atomic E-state index is 5.30. The number of fused-ring (bicyclic) bond motifs is 9. The minimum absolute atomic E-state index is 0.562. The Balaban J connectivity index is 1.29. The molecule has 6 nitrogen and oxygen atoms in total. The first-order valence-corrected chi connectivity index (χ1v) is 17.7. The molecule has 0 unspecified atom stereocenters. The molecule has 0 atom stereocenters. The molecule has 238 valence electrons. The van der Waals surface area contributed by atoms with E-state index in [1.165, 1.54) is 10.8 Å². The number of hydrogen-bond donors (Lipinski definition) is 0. The molecule has 11 aromatic rings. The molecule has 0 fully saturated rings. The maximum Gasteiger partial charge on any atom is 0.238 e. The normalized spacial score (nSPS) is 11.9. The lowest BCUT2D eigenvalue weighted by molar-refractivity contribution is 0.953. The van der Waals surface area contributed by atoms with Crippen molar-refractivity contribution in [1.82, 2.24) is 29.1 Å².